The van der Waals surface area contributed by atoms with E-state index in [0.29, 0.717) is 11.8 Å². The first-order valence-electron chi connectivity index (χ1n) is 6.69. The Morgan fingerprint density at radius 1 is 1.22 bits per heavy atom. The molecule has 0 spiro atoms. The molecule has 0 saturated heterocycles. The van der Waals surface area contributed by atoms with Gasteiger partial charge in [-0.25, -0.2) is 0 Å². The third-order valence-corrected chi connectivity index (χ3v) is 2.92. The zero-order chi connectivity index (χ0) is 13.5. The molecule has 18 heavy (non-hydrogen) atoms. The lowest BCUT2D eigenvalue weighted by atomic mass is 9.95. The standard InChI is InChI=1S/C15H24N2O/c1-11(2)15(18)14(17-12(3)4)6-5-13-7-9-16-10-8-13/h7-12,14,17H,5-6H2,1-4H3. The fourth-order valence-electron chi connectivity index (χ4n) is 1.97. The van der Waals surface area contributed by atoms with E-state index in [9.17, 15) is 4.79 Å². The molecular formula is C15H24N2O. The Labute approximate surface area is 110 Å². The summed E-state index contributed by atoms with van der Waals surface area (Å²) in [7, 11) is 0. The van der Waals surface area contributed by atoms with Crippen molar-refractivity contribution < 1.29 is 4.79 Å². The summed E-state index contributed by atoms with van der Waals surface area (Å²) in [6.07, 6.45) is 5.35. The Bertz CT molecular complexity index is 360. The Hall–Kier alpha value is -1.22. The second-order valence-corrected chi connectivity index (χ2v) is 5.33. The van der Waals surface area contributed by atoms with Gasteiger partial charge in [-0.2, -0.15) is 0 Å². The van der Waals surface area contributed by atoms with Crippen molar-refractivity contribution in [3.05, 3.63) is 30.1 Å². The molecule has 3 nitrogen and oxygen atoms in total. The maximum absolute atomic E-state index is 12.1. The monoisotopic (exact) mass is 248 g/mol. The van der Waals surface area contributed by atoms with Gasteiger partial charge in [0, 0.05) is 24.4 Å². The minimum absolute atomic E-state index is 0.0434. The molecular weight excluding hydrogens is 224 g/mol. The molecule has 0 aromatic carbocycles. The van der Waals surface area contributed by atoms with Crippen LogP contribution in [0.4, 0.5) is 0 Å². The van der Waals surface area contributed by atoms with Crippen LogP contribution in [0.2, 0.25) is 0 Å². The van der Waals surface area contributed by atoms with Gasteiger partial charge in [-0.3, -0.25) is 9.78 Å². The lowest BCUT2D eigenvalue weighted by Crippen LogP contribution is -2.43. The van der Waals surface area contributed by atoms with Crippen LogP contribution < -0.4 is 5.32 Å². The highest BCUT2D eigenvalue weighted by atomic mass is 16.1. The third-order valence-electron chi connectivity index (χ3n) is 2.92. The predicted molar refractivity (Wildman–Crippen MR) is 74.5 cm³/mol. The van der Waals surface area contributed by atoms with E-state index >= 15 is 0 Å². The zero-order valence-corrected chi connectivity index (χ0v) is 11.8. The number of aryl methyl sites for hydroxylation is 1. The topological polar surface area (TPSA) is 42.0 Å². The van der Waals surface area contributed by atoms with E-state index in [2.05, 4.69) is 24.1 Å². The molecule has 1 heterocycles. The van der Waals surface area contributed by atoms with Gasteiger partial charge < -0.3 is 5.32 Å². The molecule has 0 aliphatic carbocycles. The first-order valence-corrected chi connectivity index (χ1v) is 6.69. The summed E-state index contributed by atoms with van der Waals surface area (Å²) < 4.78 is 0. The molecule has 1 unspecified atom stereocenters. The molecule has 0 fully saturated rings. The Kier molecular flexibility index (Phi) is 5.99. The molecule has 100 valence electrons. The molecule has 0 radical (unpaired) electrons. The predicted octanol–water partition coefficient (Wildman–Crippen LogP) is 2.61. The first kappa shape index (κ1) is 14.8. The van der Waals surface area contributed by atoms with Crippen LogP contribution in [0, 0.1) is 5.92 Å². The van der Waals surface area contributed by atoms with Crippen molar-refractivity contribution in [3.63, 3.8) is 0 Å². The van der Waals surface area contributed by atoms with Gasteiger partial charge in [0.1, 0.15) is 0 Å². The van der Waals surface area contributed by atoms with Crippen LogP contribution in [0.5, 0.6) is 0 Å². The number of Topliss-reactive ketones (excluding diaryl/α,β-unsaturated/α-hetero) is 1. The molecule has 0 amide bonds. The third kappa shape index (κ3) is 4.96. The SMILES string of the molecule is CC(C)NC(CCc1ccncc1)C(=O)C(C)C. The Balaban J connectivity index is 2.59. The molecule has 0 bridgehead atoms. The van der Waals surface area contributed by atoms with Gasteiger partial charge in [0.15, 0.2) is 5.78 Å². The van der Waals surface area contributed by atoms with Crippen molar-refractivity contribution >= 4 is 5.78 Å². The van der Waals surface area contributed by atoms with Crippen molar-refractivity contribution in [1.29, 1.82) is 0 Å². The van der Waals surface area contributed by atoms with Crippen molar-refractivity contribution in [2.75, 3.05) is 0 Å². The number of aromatic nitrogens is 1. The van der Waals surface area contributed by atoms with Crippen molar-refractivity contribution in [1.82, 2.24) is 10.3 Å². The van der Waals surface area contributed by atoms with Gasteiger partial charge in [0.25, 0.3) is 0 Å². The highest BCUT2D eigenvalue weighted by molar-refractivity contribution is 5.85. The average molecular weight is 248 g/mol. The highest BCUT2D eigenvalue weighted by Gasteiger charge is 2.21. The fraction of sp³-hybridized carbons (Fsp3) is 0.600. The second kappa shape index (κ2) is 7.27. The molecule has 1 atom stereocenters. The molecule has 1 aromatic heterocycles. The lowest BCUT2D eigenvalue weighted by Gasteiger charge is -2.22. The number of ketones is 1. The number of pyridine rings is 1. The number of rotatable bonds is 7. The van der Waals surface area contributed by atoms with Crippen LogP contribution in [0.15, 0.2) is 24.5 Å². The zero-order valence-electron chi connectivity index (χ0n) is 11.8. The number of hydrogen-bond acceptors (Lipinski definition) is 3. The molecule has 1 aromatic rings. The van der Waals surface area contributed by atoms with E-state index in [-0.39, 0.29) is 12.0 Å². The number of nitrogens with zero attached hydrogens (tertiary/aromatic N) is 1. The van der Waals surface area contributed by atoms with Gasteiger partial charge in [0.05, 0.1) is 6.04 Å². The summed E-state index contributed by atoms with van der Waals surface area (Å²) in [5, 5.41) is 3.37. The molecule has 0 aliphatic heterocycles. The maximum Gasteiger partial charge on any atom is 0.152 e. The second-order valence-electron chi connectivity index (χ2n) is 5.33. The number of hydrogen-bond donors (Lipinski definition) is 1. The Morgan fingerprint density at radius 2 is 1.83 bits per heavy atom. The maximum atomic E-state index is 12.1. The summed E-state index contributed by atoms with van der Waals surface area (Å²) in [6, 6.07) is 4.30. The fourth-order valence-corrected chi connectivity index (χ4v) is 1.97. The van der Waals surface area contributed by atoms with Gasteiger partial charge in [-0.05, 0) is 30.5 Å². The summed E-state index contributed by atoms with van der Waals surface area (Å²) in [6.45, 7) is 8.08. The normalized spacial score (nSPS) is 13.0. The van der Waals surface area contributed by atoms with E-state index in [0.717, 1.165) is 12.8 Å². The first-order chi connectivity index (χ1) is 8.50. The van der Waals surface area contributed by atoms with E-state index in [1.54, 1.807) is 12.4 Å². The number of nitrogens with one attached hydrogen (secondary N) is 1. The van der Waals surface area contributed by atoms with E-state index < -0.39 is 0 Å². The Morgan fingerprint density at radius 3 is 2.33 bits per heavy atom. The number of carbonyl (C=O) groups excluding carboxylic acids is 1. The van der Waals surface area contributed by atoms with E-state index in [1.165, 1.54) is 5.56 Å². The van der Waals surface area contributed by atoms with Crippen molar-refractivity contribution in [2.45, 2.75) is 52.6 Å². The minimum atomic E-state index is -0.0434. The van der Waals surface area contributed by atoms with Crippen LogP contribution in [0.3, 0.4) is 0 Å². The summed E-state index contributed by atoms with van der Waals surface area (Å²) >= 11 is 0. The van der Waals surface area contributed by atoms with Crippen molar-refractivity contribution in [2.24, 2.45) is 5.92 Å². The smallest absolute Gasteiger partial charge is 0.152 e. The average Bonchev–Trinajstić information content (AvgIpc) is 2.34. The molecule has 3 heteroatoms. The largest absolute Gasteiger partial charge is 0.305 e. The quantitative estimate of drug-likeness (QED) is 0.806. The van der Waals surface area contributed by atoms with Crippen molar-refractivity contribution in [3.8, 4) is 0 Å². The van der Waals surface area contributed by atoms with Gasteiger partial charge in [-0.15, -0.1) is 0 Å². The molecule has 0 saturated carbocycles. The van der Waals surface area contributed by atoms with Crippen LogP contribution in [0.1, 0.15) is 39.7 Å². The highest BCUT2D eigenvalue weighted by Crippen LogP contribution is 2.09. The number of carbonyl (C=O) groups is 1. The van der Waals surface area contributed by atoms with Crippen LogP contribution in [0.25, 0.3) is 0 Å². The summed E-state index contributed by atoms with van der Waals surface area (Å²) in [5.74, 6) is 0.386. The molecule has 1 rings (SSSR count). The van der Waals surface area contributed by atoms with Gasteiger partial charge in [0.2, 0.25) is 0 Å². The van der Waals surface area contributed by atoms with E-state index in [1.807, 2.05) is 26.0 Å². The molecule has 1 N–H and O–H groups in total. The van der Waals surface area contributed by atoms with E-state index in [4.69, 9.17) is 0 Å². The van der Waals surface area contributed by atoms with Gasteiger partial charge in [-0.1, -0.05) is 27.7 Å². The molecule has 0 aliphatic rings. The van der Waals surface area contributed by atoms with Crippen LogP contribution >= 0.6 is 0 Å². The summed E-state index contributed by atoms with van der Waals surface area (Å²) in [4.78, 5) is 16.1. The van der Waals surface area contributed by atoms with Gasteiger partial charge >= 0.3 is 0 Å². The van der Waals surface area contributed by atoms with Crippen LogP contribution in [-0.2, 0) is 11.2 Å². The van der Waals surface area contributed by atoms with Crippen LogP contribution in [-0.4, -0.2) is 22.9 Å². The lowest BCUT2D eigenvalue weighted by molar-refractivity contribution is -0.124. The summed E-state index contributed by atoms with van der Waals surface area (Å²) in [5.41, 5.74) is 1.23. The minimum Gasteiger partial charge on any atom is -0.305 e.